The summed E-state index contributed by atoms with van der Waals surface area (Å²) in [5.41, 5.74) is 1.80. The van der Waals surface area contributed by atoms with Crippen molar-refractivity contribution in [2.75, 3.05) is 28.4 Å². The van der Waals surface area contributed by atoms with E-state index in [0.29, 0.717) is 16.9 Å². The van der Waals surface area contributed by atoms with Crippen molar-refractivity contribution in [3.63, 3.8) is 0 Å². The highest BCUT2D eigenvalue weighted by Crippen LogP contribution is 2.49. The van der Waals surface area contributed by atoms with Gasteiger partial charge >= 0.3 is 13.6 Å². The predicted octanol–water partition coefficient (Wildman–Crippen LogP) is 3.20. The topological polar surface area (TPSA) is 100 Å². The number of ether oxygens (including phenoxy) is 2. The van der Waals surface area contributed by atoms with Gasteiger partial charge in [-0.3, -0.25) is 9.36 Å². The van der Waals surface area contributed by atoms with Gasteiger partial charge in [-0.15, -0.1) is 0 Å². The third-order valence-corrected chi connectivity index (χ3v) is 6.42. The molecule has 0 aromatic heterocycles. The molecule has 0 spiro atoms. The molecule has 162 valence electrons. The molecule has 0 radical (unpaired) electrons. The largest absolute Gasteiger partial charge is 0.496 e. The van der Waals surface area contributed by atoms with Crippen LogP contribution in [0, 0.1) is 0 Å². The second-order valence-electron chi connectivity index (χ2n) is 6.40. The Morgan fingerprint density at radius 2 is 1.60 bits per heavy atom. The molecule has 30 heavy (non-hydrogen) atoms. The van der Waals surface area contributed by atoms with Crippen molar-refractivity contribution in [3.8, 4) is 5.75 Å². The van der Waals surface area contributed by atoms with Crippen LogP contribution in [0.4, 0.5) is 0 Å². The van der Waals surface area contributed by atoms with Crippen LogP contribution in [-0.4, -0.2) is 46.4 Å². The number of rotatable bonds is 10. The van der Waals surface area contributed by atoms with Crippen LogP contribution in [0.25, 0.3) is 0 Å². The van der Waals surface area contributed by atoms with Crippen molar-refractivity contribution in [2.24, 2.45) is 0 Å². The van der Waals surface area contributed by atoms with Gasteiger partial charge in [0.2, 0.25) is 0 Å². The molecule has 0 bridgehead atoms. The molecule has 2 rings (SSSR count). The van der Waals surface area contributed by atoms with Gasteiger partial charge in [0.1, 0.15) is 11.8 Å². The Labute approximate surface area is 176 Å². The van der Waals surface area contributed by atoms with Gasteiger partial charge in [0, 0.05) is 26.2 Å². The van der Waals surface area contributed by atoms with Crippen molar-refractivity contribution < 1.29 is 32.7 Å². The lowest BCUT2D eigenvalue weighted by Gasteiger charge is -2.18. The van der Waals surface area contributed by atoms with Crippen molar-refractivity contribution >= 4 is 19.5 Å². The molecule has 0 saturated carbocycles. The zero-order valence-corrected chi connectivity index (χ0v) is 18.3. The fourth-order valence-electron chi connectivity index (χ4n) is 2.86. The van der Waals surface area contributed by atoms with Crippen LogP contribution >= 0.6 is 7.60 Å². The molecule has 0 aliphatic heterocycles. The second-order valence-corrected chi connectivity index (χ2v) is 8.66. The molecule has 2 aromatic carbocycles. The first-order valence-corrected chi connectivity index (χ1v) is 10.9. The molecular formula is C21H26NO7P. The van der Waals surface area contributed by atoms with Crippen LogP contribution in [0.15, 0.2) is 48.5 Å². The van der Waals surface area contributed by atoms with Crippen LogP contribution in [0.3, 0.4) is 0 Å². The Morgan fingerprint density at radius 1 is 0.967 bits per heavy atom. The normalized spacial score (nSPS) is 12.1. The highest BCUT2D eigenvalue weighted by Gasteiger charge is 2.25. The molecule has 0 heterocycles. The van der Waals surface area contributed by atoms with Crippen LogP contribution < -0.4 is 10.1 Å². The Balaban J connectivity index is 2.14. The number of methoxy groups -OCH3 is 2. The Kier molecular flexibility index (Phi) is 8.59. The summed E-state index contributed by atoms with van der Waals surface area (Å²) in [5, 5.41) is 2.70. The molecule has 0 fully saturated rings. The number of esters is 1. The number of benzene rings is 2. The van der Waals surface area contributed by atoms with E-state index < -0.39 is 25.5 Å². The second kappa shape index (κ2) is 10.9. The van der Waals surface area contributed by atoms with E-state index in [2.05, 4.69) is 5.32 Å². The van der Waals surface area contributed by atoms with Crippen LogP contribution in [0.1, 0.15) is 21.5 Å². The lowest BCUT2D eigenvalue weighted by molar-refractivity contribution is -0.142. The molecule has 1 amide bonds. The zero-order chi connectivity index (χ0) is 22.1. The fraction of sp³-hybridized carbons (Fsp3) is 0.333. The van der Waals surface area contributed by atoms with Crippen LogP contribution in [0.5, 0.6) is 5.75 Å². The van der Waals surface area contributed by atoms with Gasteiger partial charge in [-0.1, -0.05) is 30.3 Å². The molecule has 0 saturated heterocycles. The number of hydrogen-bond acceptors (Lipinski definition) is 7. The van der Waals surface area contributed by atoms with E-state index >= 15 is 0 Å². The van der Waals surface area contributed by atoms with E-state index in [1.165, 1.54) is 28.4 Å². The number of amides is 1. The Hall–Kier alpha value is -2.67. The maximum Gasteiger partial charge on any atom is 0.334 e. The molecule has 0 unspecified atom stereocenters. The van der Waals surface area contributed by atoms with Crippen molar-refractivity contribution in [1.29, 1.82) is 0 Å². The van der Waals surface area contributed by atoms with E-state index in [0.717, 1.165) is 5.56 Å². The van der Waals surface area contributed by atoms with Crippen molar-refractivity contribution in [1.82, 2.24) is 5.32 Å². The highest BCUT2D eigenvalue weighted by molar-refractivity contribution is 7.52. The highest BCUT2D eigenvalue weighted by atomic mass is 31.2. The van der Waals surface area contributed by atoms with E-state index in [4.69, 9.17) is 18.5 Å². The molecule has 8 nitrogen and oxygen atoms in total. The molecule has 2 aromatic rings. The third kappa shape index (κ3) is 6.16. The van der Waals surface area contributed by atoms with E-state index in [1.54, 1.807) is 30.3 Å². The maximum atomic E-state index is 12.7. The minimum Gasteiger partial charge on any atom is -0.496 e. The molecule has 9 heteroatoms. The van der Waals surface area contributed by atoms with Gasteiger partial charge in [0.25, 0.3) is 5.91 Å². The SMILES string of the molecule is COC(=O)[C@@H](Cc1ccccc1OC)NC(=O)c1ccc(CP(=O)(OC)OC)cc1. The van der Waals surface area contributed by atoms with Gasteiger partial charge in [-0.2, -0.15) is 0 Å². The van der Waals surface area contributed by atoms with E-state index in [9.17, 15) is 14.2 Å². The minimum atomic E-state index is -3.20. The third-order valence-electron chi connectivity index (χ3n) is 4.56. The average Bonchev–Trinajstić information content (AvgIpc) is 2.78. The summed E-state index contributed by atoms with van der Waals surface area (Å²) in [4.78, 5) is 24.9. The van der Waals surface area contributed by atoms with Crippen LogP contribution in [0.2, 0.25) is 0 Å². The molecule has 1 atom stereocenters. The number of hydrogen-bond donors (Lipinski definition) is 1. The van der Waals surface area contributed by atoms with Gasteiger partial charge in [0.15, 0.2) is 0 Å². The average molecular weight is 435 g/mol. The predicted molar refractivity (Wildman–Crippen MR) is 112 cm³/mol. The van der Waals surface area contributed by atoms with Gasteiger partial charge in [0.05, 0.1) is 20.4 Å². The van der Waals surface area contributed by atoms with Gasteiger partial charge in [-0.05, 0) is 29.3 Å². The van der Waals surface area contributed by atoms with Gasteiger partial charge < -0.3 is 23.8 Å². The quantitative estimate of drug-likeness (QED) is 0.452. The molecular weight excluding hydrogens is 409 g/mol. The summed E-state index contributed by atoms with van der Waals surface area (Å²) in [6.45, 7) is 0. The van der Waals surface area contributed by atoms with Crippen molar-refractivity contribution in [2.45, 2.75) is 18.6 Å². The summed E-state index contributed by atoms with van der Waals surface area (Å²) in [6, 6.07) is 12.8. The van der Waals surface area contributed by atoms with E-state index in [-0.39, 0.29) is 12.6 Å². The first kappa shape index (κ1) is 23.6. The molecule has 1 N–H and O–H groups in total. The molecule has 0 aliphatic rings. The summed E-state index contributed by atoms with van der Waals surface area (Å²) in [5.74, 6) is -0.383. The number of carbonyl (C=O) groups excluding carboxylic acids is 2. The Bertz CT molecular complexity index is 906. The first-order valence-electron chi connectivity index (χ1n) is 9.15. The summed E-state index contributed by atoms with van der Waals surface area (Å²) in [7, 11) is 2.24. The smallest absolute Gasteiger partial charge is 0.334 e. The van der Waals surface area contributed by atoms with Gasteiger partial charge in [-0.25, -0.2) is 4.79 Å². The lowest BCUT2D eigenvalue weighted by Crippen LogP contribution is -2.43. The van der Waals surface area contributed by atoms with Crippen molar-refractivity contribution in [3.05, 3.63) is 65.2 Å². The summed E-state index contributed by atoms with van der Waals surface area (Å²) in [6.07, 6.45) is 0.297. The monoisotopic (exact) mass is 435 g/mol. The number of para-hydroxylation sites is 1. The molecule has 0 aliphatic carbocycles. The zero-order valence-electron chi connectivity index (χ0n) is 17.4. The summed E-state index contributed by atoms with van der Waals surface area (Å²) < 4.78 is 32.2. The Morgan fingerprint density at radius 3 is 2.17 bits per heavy atom. The summed E-state index contributed by atoms with van der Waals surface area (Å²) >= 11 is 0. The van der Waals surface area contributed by atoms with E-state index in [1.807, 2.05) is 18.2 Å². The number of carbonyl (C=O) groups is 2. The fourth-order valence-corrected chi connectivity index (χ4v) is 3.92. The lowest BCUT2D eigenvalue weighted by atomic mass is 10.0. The maximum absolute atomic E-state index is 12.7. The first-order chi connectivity index (χ1) is 14.4. The number of nitrogens with one attached hydrogen (secondary N) is 1. The standard InChI is InChI=1S/C21H26NO7P/c1-26-19-8-6-5-7-17(19)13-18(21(24)27-2)22-20(23)16-11-9-15(10-12-16)14-30(25,28-3)29-4/h5-12,18H,13-14H2,1-4H3,(H,22,23)/t18-/m1/s1. The van der Waals surface area contributed by atoms with Crippen LogP contribution in [-0.2, 0) is 35.7 Å². The minimum absolute atomic E-state index is 0.0838.